The van der Waals surface area contributed by atoms with Crippen LogP contribution in [0.1, 0.15) is 18.7 Å². The molecule has 2 N–H and O–H groups in total. The predicted octanol–water partition coefficient (Wildman–Crippen LogP) is 2.39. The molecule has 158 valence electrons. The molecule has 1 aromatic heterocycles. The lowest BCUT2D eigenvalue weighted by Gasteiger charge is -2.18. The molecule has 2 heterocycles. The van der Waals surface area contributed by atoms with Crippen LogP contribution in [0.25, 0.3) is 10.9 Å². The second-order valence-corrected chi connectivity index (χ2v) is 9.40. The van der Waals surface area contributed by atoms with Crippen molar-refractivity contribution in [1.29, 1.82) is 0 Å². The number of aromatic hydroxyl groups is 1. The minimum atomic E-state index is -3.81. The zero-order valence-electron chi connectivity index (χ0n) is 16.1. The molecule has 1 saturated heterocycles. The summed E-state index contributed by atoms with van der Waals surface area (Å²) in [4.78, 5) is 11.3. The van der Waals surface area contributed by atoms with Crippen molar-refractivity contribution in [3.8, 4) is 5.75 Å². The minimum Gasteiger partial charge on any atom is -0.508 e. The number of para-hydroxylation sites is 1. The molecule has 2 atom stereocenters. The van der Waals surface area contributed by atoms with Gasteiger partial charge in [0.25, 0.3) is 0 Å². The molecule has 0 aliphatic carbocycles. The molecule has 1 fully saturated rings. The highest BCUT2D eigenvalue weighted by atomic mass is 32.2. The molecular weight excluding hydrogens is 413 g/mol. The van der Waals surface area contributed by atoms with E-state index in [1.165, 1.54) is 45.4 Å². The summed E-state index contributed by atoms with van der Waals surface area (Å²) in [6.07, 6.45) is -0.358. The summed E-state index contributed by atoms with van der Waals surface area (Å²) in [5, 5.41) is 23.4. The lowest BCUT2D eigenvalue weighted by atomic mass is 10.1. The molecule has 1 aliphatic rings. The average molecular weight is 433 g/mol. The molecule has 3 aromatic rings. The number of nitrogens with zero attached hydrogens (tertiary/aromatic N) is 3. The second kappa shape index (κ2) is 7.37. The second-order valence-electron chi connectivity index (χ2n) is 7.46. The predicted molar refractivity (Wildman–Crippen MR) is 106 cm³/mol. The molecular formula is C20H20FN3O5S. The maximum absolute atomic E-state index is 14.6. The van der Waals surface area contributed by atoms with Gasteiger partial charge >= 0.3 is 5.97 Å². The fourth-order valence-corrected chi connectivity index (χ4v) is 5.48. The third-order valence-corrected chi connectivity index (χ3v) is 7.25. The Morgan fingerprint density at radius 3 is 2.57 bits per heavy atom. The molecule has 1 aliphatic heterocycles. The number of halogens is 1. The van der Waals surface area contributed by atoms with Crippen molar-refractivity contribution < 1.29 is 27.8 Å². The third-order valence-electron chi connectivity index (χ3n) is 5.40. The van der Waals surface area contributed by atoms with E-state index in [0.717, 1.165) is 0 Å². The van der Waals surface area contributed by atoms with Gasteiger partial charge in [-0.2, -0.15) is 9.40 Å². The number of phenols is 1. The van der Waals surface area contributed by atoms with Crippen LogP contribution in [-0.4, -0.2) is 51.8 Å². The van der Waals surface area contributed by atoms with Crippen LogP contribution in [0.15, 0.2) is 47.4 Å². The molecule has 8 nitrogen and oxygen atoms in total. The molecule has 0 unspecified atom stereocenters. The molecule has 10 heteroatoms. The zero-order chi connectivity index (χ0) is 21.6. The Bertz CT molecular complexity index is 1220. The zero-order valence-corrected chi connectivity index (χ0v) is 16.9. The molecule has 0 bridgehead atoms. The number of carboxylic acids is 1. The van der Waals surface area contributed by atoms with E-state index in [2.05, 4.69) is 5.10 Å². The van der Waals surface area contributed by atoms with Crippen molar-refractivity contribution in [2.24, 2.45) is 5.92 Å². The maximum atomic E-state index is 14.6. The van der Waals surface area contributed by atoms with Crippen LogP contribution in [0, 0.1) is 11.7 Å². The standard InChI is InChI=1S/C20H20FN3O5S/c1-12-10-23(30(28,29)14-7-5-13(25)6-8-14)11-18(12)24-20-15(3-2-4-16(20)21)17(22-24)9-19(26)27/h2-8,12,18,25H,9-11H2,1H3,(H,26,27)/t12-,18+/m1/s1. The number of aromatic nitrogens is 2. The van der Waals surface area contributed by atoms with Crippen LogP contribution in [0.2, 0.25) is 0 Å². The number of carboxylic acid groups (broad SMARTS) is 1. The summed E-state index contributed by atoms with van der Waals surface area (Å²) in [7, 11) is -3.81. The summed E-state index contributed by atoms with van der Waals surface area (Å²) in [6, 6.07) is 9.19. The number of sulfonamides is 1. The van der Waals surface area contributed by atoms with E-state index in [9.17, 15) is 22.7 Å². The monoisotopic (exact) mass is 433 g/mol. The fraction of sp³-hybridized carbons (Fsp3) is 0.300. The van der Waals surface area contributed by atoms with Gasteiger partial charge in [0.05, 0.1) is 23.1 Å². The van der Waals surface area contributed by atoms with E-state index in [1.807, 2.05) is 6.92 Å². The van der Waals surface area contributed by atoms with E-state index in [1.54, 1.807) is 6.07 Å². The number of benzene rings is 2. The van der Waals surface area contributed by atoms with E-state index in [-0.39, 0.29) is 47.3 Å². The van der Waals surface area contributed by atoms with Crippen molar-refractivity contribution >= 4 is 26.9 Å². The van der Waals surface area contributed by atoms with Crippen LogP contribution in [0.5, 0.6) is 5.75 Å². The van der Waals surface area contributed by atoms with Crippen molar-refractivity contribution in [1.82, 2.24) is 14.1 Å². The van der Waals surface area contributed by atoms with Gasteiger partial charge < -0.3 is 10.2 Å². The van der Waals surface area contributed by atoms with Gasteiger partial charge in [0.1, 0.15) is 17.1 Å². The lowest BCUT2D eigenvalue weighted by molar-refractivity contribution is -0.136. The number of rotatable bonds is 5. The smallest absolute Gasteiger partial charge is 0.309 e. The number of phenolic OH excluding ortho intramolecular Hbond substituents is 1. The molecule has 0 spiro atoms. The van der Waals surface area contributed by atoms with Gasteiger partial charge in [0.2, 0.25) is 10.0 Å². The number of carbonyl (C=O) groups is 1. The van der Waals surface area contributed by atoms with Crippen LogP contribution >= 0.6 is 0 Å². The van der Waals surface area contributed by atoms with Gasteiger partial charge in [-0.1, -0.05) is 19.1 Å². The Labute approximate surface area is 172 Å². The van der Waals surface area contributed by atoms with E-state index >= 15 is 0 Å². The van der Waals surface area contributed by atoms with Gasteiger partial charge in [-0.3, -0.25) is 9.48 Å². The van der Waals surface area contributed by atoms with Crippen LogP contribution in [0.4, 0.5) is 4.39 Å². The van der Waals surface area contributed by atoms with Gasteiger partial charge in [0.15, 0.2) is 0 Å². The van der Waals surface area contributed by atoms with Gasteiger partial charge in [-0.15, -0.1) is 0 Å². The molecule has 0 amide bonds. The van der Waals surface area contributed by atoms with Crippen LogP contribution in [0.3, 0.4) is 0 Å². The molecule has 0 saturated carbocycles. The number of aliphatic carboxylic acids is 1. The highest BCUT2D eigenvalue weighted by molar-refractivity contribution is 7.89. The molecule has 4 rings (SSSR count). The Hall–Kier alpha value is -2.98. The molecule has 0 radical (unpaired) electrons. The highest BCUT2D eigenvalue weighted by Gasteiger charge is 2.39. The summed E-state index contributed by atoms with van der Waals surface area (Å²) in [5.41, 5.74) is 0.415. The Morgan fingerprint density at radius 1 is 1.20 bits per heavy atom. The Kier molecular flexibility index (Phi) is 4.99. The minimum absolute atomic E-state index is 0.0361. The fourth-order valence-electron chi connectivity index (χ4n) is 3.92. The Morgan fingerprint density at radius 2 is 1.90 bits per heavy atom. The first-order valence-corrected chi connectivity index (χ1v) is 10.8. The largest absolute Gasteiger partial charge is 0.508 e. The number of hydrogen-bond acceptors (Lipinski definition) is 5. The summed E-state index contributed by atoms with van der Waals surface area (Å²) >= 11 is 0. The van der Waals surface area contributed by atoms with Crippen LogP contribution < -0.4 is 0 Å². The van der Waals surface area contributed by atoms with Crippen molar-refractivity contribution in [2.75, 3.05) is 13.1 Å². The normalized spacial score (nSPS) is 20.1. The van der Waals surface area contributed by atoms with Crippen molar-refractivity contribution in [2.45, 2.75) is 24.3 Å². The van der Waals surface area contributed by atoms with Gasteiger partial charge in [-0.25, -0.2) is 12.8 Å². The maximum Gasteiger partial charge on any atom is 0.309 e. The Balaban J connectivity index is 1.73. The summed E-state index contributed by atoms with van der Waals surface area (Å²) in [5.74, 6) is -1.84. The first-order valence-electron chi connectivity index (χ1n) is 9.35. The molecule has 2 aromatic carbocycles. The van der Waals surface area contributed by atoms with Crippen molar-refractivity contribution in [3.63, 3.8) is 0 Å². The van der Waals surface area contributed by atoms with Crippen LogP contribution in [-0.2, 0) is 21.2 Å². The summed E-state index contributed by atoms with van der Waals surface area (Å²) < 4.78 is 43.4. The number of fused-ring (bicyclic) bond motifs is 1. The van der Waals surface area contributed by atoms with E-state index < -0.39 is 27.9 Å². The van der Waals surface area contributed by atoms with Gasteiger partial charge in [0, 0.05) is 18.5 Å². The quantitative estimate of drug-likeness (QED) is 0.639. The molecule has 30 heavy (non-hydrogen) atoms. The summed E-state index contributed by atoms with van der Waals surface area (Å²) in [6.45, 7) is 2.13. The highest BCUT2D eigenvalue weighted by Crippen LogP contribution is 2.35. The van der Waals surface area contributed by atoms with E-state index in [4.69, 9.17) is 5.11 Å². The number of hydrogen-bond donors (Lipinski definition) is 2. The van der Waals surface area contributed by atoms with Crippen molar-refractivity contribution in [3.05, 3.63) is 54.0 Å². The topological polar surface area (TPSA) is 113 Å². The van der Waals surface area contributed by atoms with E-state index in [0.29, 0.717) is 5.39 Å². The first-order chi connectivity index (χ1) is 14.2. The lowest BCUT2D eigenvalue weighted by Crippen LogP contribution is -2.29. The van der Waals surface area contributed by atoms with Gasteiger partial charge in [-0.05, 0) is 36.2 Å². The SMILES string of the molecule is C[C@@H]1CN(S(=O)(=O)c2ccc(O)cc2)C[C@@H]1n1nc(CC(=O)O)c2cccc(F)c21. The third kappa shape index (κ3) is 3.41. The first kappa shape index (κ1) is 20.3. The average Bonchev–Trinajstić information content (AvgIpc) is 3.24.